The molecule has 0 spiro atoms. The molecular formula is C15H12F2N4O2. The predicted molar refractivity (Wildman–Crippen MR) is 75.0 cm³/mol. The van der Waals surface area contributed by atoms with Crippen LogP contribution in [-0.4, -0.2) is 17.3 Å². The zero-order chi connectivity index (χ0) is 16.6. The number of fused-ring (bicyclic) bond motifs is 1. The van der Waals surface area contributed by atoms with Crippen molar-refractivity contribution >= 4 is 0 Å². The number of ether oxygens (including phenoxy) is 2. The Kier molecular flexibility index (Phi) is 3.72. The van der Waals surface area contributed by atoms with Crippen LogP contribution in [0.1, 0.15) is 22.7 Å². The summed E-state index contributed by atoms with van der Waals surface area (Å²) in [7, 11) is 1.46. The van der Waals surface area contributed by atoms with Crippen LogP contribution in [0.15, 0.2) is 29.7 Å². The monoisotopic (exact) mass is 318 g/mol. The maximum atomic E-state index is 14.3. The van der Waals surface area contributed by atoms with Crippen LogP contribution >= 0.6 is 0 Å². The van der Waals surface area contributed by atoms with Gasteiger partial charge >= 0.3 is 0 Å². The van der Waals surface area contributed by atoms with Crippen molar-refractivity contribution < 1.29 is 18.3 Å². The van der Waals surface area contributed by atoms with E-state index in [1.165, 1.54) is 13.2 Å². The Morgan fingerprint density at radius 2 is 2.09 bits per heavy atom. The molecule has 1 atom stereocenters. The molecule has 0 radical (unpaired) electrons. The number of allylic oxidation sites excluding steroid dienone is 1. The van der Waals surface area contributed by atoms with Crippen LogP contribution in [0.5, 0.6) is 5.88 Å². The van der Waals surface area contributed by atoms with Crippen LogP contribution < -0.4 is 10.5 Å². The molecule has 0 unspecified atom stereocenters. The third-order valence-electron chi connectivity index (χ3n) is 3.59. The number of benzene rings is 1. The second kappa shape index (κ2) is 5.70. The van der Waals surface area contributed by atoms with Crippen molar-refractivity contribution in [1.82, 2.24) is 10.2 Å². The first-order valence-corrected chi connectivity index (χ1v) is 6.66. The molecule has 0 fully saturated rings. The van der Waals surface area contributed by atoms with E-state index >= 15 is 0 Å². The van der Waals surface area contributed by atoms with E-state index in [1.807, 2.05) is 6.07 Å². The molecule has 3 N–H and O–H groups in total. The lowest BCUT2D eigenvalue weighted by Crippen LogP contribution is -2.22. The van der Waals surface area contributed by atoms with Gasteiger partial charge in [0, 0.05) is 12.7 Å². The average molecular weight is 318 g/mol. The minimum atomic E-state index is -1.06. The van der Waals surface area contributed by atoms with Crippen molar-refractivity contribution in [3.8, 4) is 11.9 Å². The lowest BCUT2D eigenvalue weighted by molar-refractivity contribution is 0.180. The number of nitrogens with two attached hydrogens (primary N) is 1. The van der Waals surface area contributed by atoms with Crippen LogP contribution in [0.3, 0.4) is 0 Å². The number of nitrogens with zero attached hydrogens (tertiary/aromatic N) is 2. The third-order valence-corrected chi connectivity index (χ3v) is 3.59. The minimum absolute atomic E-state index is 0.0706. The van der Waals surface area contributed by atoms with E-state index < -0.39 is 17.6 Å². The number of hydrogen-bond donors (Lipinski definition) is 2. The molecule has 0 bridgehead atoms. The van der Waals surface area contributed by atoms with Crippen molar-refractivity contribution in [2.24, 2.45) is 5.73 Å². The first-order chi connectivity index (χ1) is 11.1. The molecule has 0 aliphatic carbocycles. The zero-order valence-electron chi connectivity index (χ0n) is 12.1. The van der Waals surface area contributed by atoms with E-state index in [-0.39, 0.29) is 29.5 Å². The van der Waals surface area contributed by atoms with Crippen molar-refractivity contribution in [2.45, 2.75) is 12.5 Å². The van der Waals surface area contributed by atoms with Crippen molar-refractivity contribution in [3.63, 3.8) is 0 Å². The maximum Gasteiger partial charge on any atom is 0.244 e. The van der Waals surface area contributed by atoms with Gasteiger partial charge in [0.05, 0.1) is 23.8 Å². The Morgan fingerprint density at radius 3 is 2.70 bits per heavy atom. The van der Waals surface area contributed by atoms with Gasteiger partial charge in [-0.1, -0.05) is 6.07 Å². The van der Waals surface area contributed by atoms with Gasteiger partial charge in [-0.2, -0.15) is 5.26 Å². The highest BCUT2D eigenvalue weighted by molar-refractivity contribution is 5.55. The molecule has 23 heavy (non-hydrogen) atoms. The number of hydrogen-bond acceptors (Lipinski definition) is 5. The lowest BCUT2D eigenvalue weighted by Gasteiger charge is -2.24. The van der Waals surface area contributed by atoms with E-state index in [2.05, 4.69) is 10.2 Å². The fraction of sp³-hybridized carbons (Fsp3) is 0.200. The van der Waals surface area contributed by atoms with E-state index in [9.17, 15) is 14.0 Å². The van der Waals surface area contributed by atoms with Crippen LogP contribution in [0.25, 0.3) is 0 Å². The number of methoxy groups -OCH3 is 1. The lowest BCUT2D eigenvalue weighted by atomic mass is 9.83. The molecule has 118 valence electrons. The van der Waals surface area contributed by atoms with E-state index in [4.69, 9.17) is 15.2 Å². The Hall–Kier alpha value is -2.92. The highest BCUT2D eigenvalue weighted by Gasteiger charge is 2.38. The average Bonchev–Trinajstić information content (AvgIpc) is 2.90. The number of nitrogens with one attached hydrogen (secondary N) is 1. The molecule has 3 rings (SSSR count). The summed E-state index contributed by atoms with van der Waals surface area (Å²) in [4.78, 5) is 0. The van der Waals surface area contributed by atoms with Crippen molar-refractivity contribution in [3.05, 3.63) is 58.1 Å². The topological polar surface area (TPSA) is 97.0 Å². The molecule has 0 amide bonds. The Balaban J connectivity index is 2.29. The van der Waals surface area contributed by atoms with Gasteiger partial charge in [-0.3, -0.25) is 5.10 Å². The maximum absolute atomic E-state index is 14.3. The van der Waals surface area contributed by atoms with Gasteiger partial charge < -0.3 is 15.2 Å². The zero-order valence-corrected chi connectivity index (χ0v) is 12.1. The predicted octanol–water partition coefficient (Wildman–Crippen LogP) is 2.05. The van der Waals surface area contributed by atoms with Gasteiger partial charge in [0.1, 0.15) is 23.3 Å². The quantitative estimate of drug-likeness (QED) is 0.903. The van der Waals surface area contributed by atoms with Gasteiger partial charge in [-0.05, 0) is 12.1 Å². The molecule has 1 aromatic heterocycles. The number of halogens is 2. The fourth-order valence-corrected chi connectivity index (χ4v) is 2.64. The molecule has 2 aromatic rings. The highest BCUT2D eigenvalue weighted by Crippen LogP contribution is 2.44. The summed E-state index contributed by atoms with van der Waals surface area (Å²) in [6.45, 7) is 0.108. The molecule has 1 aromatic carbocycles. The van der Waals surface area contributed by atoms with Crippen LogP contribution in [0.2, 0.25) is 0 Å². The van der Waals surface area contributed by atoms with Gasteiger partial charge in [-0.25, -0.2) is 8.78 Å². The van der Waals surface area contributed by atoms with E-state index in [0.717, 1.165) is 12.1 Å². The smallest absolute Gasteiger partial charge is 0.244 e. The molecule has 8 heteroatoms. The first kappa shape index (κ1) is 15.0. The minimum Gasteiger partial charge on any atom is -0.420 e. The summed E-state index contributed by atoms with van der Waals surface area (Å²) in [5.74, 6) is -2.79. The van der Waals surface area contributed by atoms with Crippen LogP contribution in [0, 0.1) is 23.0 Å². The first-order valence-electron chi connectivity index (χ1n) is 6.66. The molecule has 2 heterocycles. The summed E-state index contributed by atoms with van der Waals surface area (Å²) < 4.78 is 38.9. The molecule has 0 saturated heterocycles. The Morgan fingerprint density at radius 1 is 1.39 bits per heavy atom. The SMILES string of the molecule is COCc1[nH]nc2c1[C@@H](c1c(F)cccc1F)C(C#N)=C(N)O2. The second-order valence-electron chi connectivity index (χ2n) is 4.91. The number of aromatic amines is 1. The van der Waals surface area contributed by atoms with Gasteiger partial charge in [0.15, 0.2) is 0 Å². The fourth-order valence-electron chi connectivity index (χ4n) is 2.64. The third kappa shape index (κ3) is 2.31. The summed E-state index contributed by atoms with van der Waals surface area (Å²) in [6, 6.07) is 5.36. The van der Waals surface area contributed by atoms with Crippen LogP contribution in [-0.2, 0) is 11.3 Å². The van der Waals surface area contributed by atoms with E-state index in [0.29, 0.717) is 11.3 Å². The number of rotatable bonds is 3. The molecular weight excluding hydrogens is 306 g/mol. The van der Waals surface area contributed by atoms with Gasteiger partial charge in [0.25, 0.3) is 0 Å². The van der Waals surface area contributed by atoms with Crippen LogP contribution in [0.4, 0.5) is 8.78 Å². The van der Waals surface area contributed by atoms with Crippen molar-refractivity contribution in [2.75, 3.05) is 7.11 Å². The molecule has 0 saturated carbocycles. The number of aromatic nitrogens is 2. The summed E-state index contributed by atoms with van der Waals surface area (Å²) >= 11 is 0. The summed E-state index contributed by atoms with van der Waals surface area (Å²) in [6.07, 6.45) is 0. The van der Waals surface area contributed by atoms with Gasteiger partial charge in [0.2, 0.25) is 11.8 Å². The number of H-pyrrole nitrogens is 1. The summed E-state index contributed by atoms with van der Waals surface area (Å²) in [5, 5.41) is 16.0. The highest BCUT2D eigenvalue weighted by atomic mass is 19.1. The van der Waals surface area contributed by atoms with Crippen molar-refractivity contribution in [1.29, 1.82) is 5.26 Å². The molecule has 1 aliphatic heterocycles. The normalized spacial score (nSPS) is 16.7. The summed E-state index contributed by atoms with van der Waals surface area (Å²) in [5.41, 5.74) is 6.14. The molecule has 1 aliphatic rings. The number of nitriles is 1. The standard InChI is InChI=1S/C15H12F2N4O2/c1-22-6-10-13-11(12-8(16)3-2-4-9(12)17)7(5-18)14(19)23-15(13)21-20-10/h2-4,11H,6,19H2,1H3,(H,20,21)/t11-/m1/s1. The Labute approximate surface area is 130 Å². The second-order valence-corrected chi connectivity index (χ2v) is 4.91. The molecule has 6 nitrogen and oxygen atoms in total. The van der Waals surface area contributed by atoms with Gasteiger partial charge in [-0.15, -0.1) is 5.10 Å². The van der Waals surface area contributed by atoms with E-state index in [1.54, 1.807) is 0 Å². The largest absolute Gasteiger partial charge is 0.420 e. The Bertz CT molecular complexity index is 818.